The highest BCUT2D eigenvalue weighted by atomic mass is 19.1. The average Bonchev–Trinajstić information content (AvgIpc) is 2.37. The molecular formula is C13H16FN3. The number of nitrogen functional groups attached to an aromatic ring is 1. The fourth-order valence-corrected chi connectivity index (χ4v) is 1.86. The number of halogens is 1. The average molecular weight is 233 g/mol. The van der Waals surface area contributed by atoms with E-state index >= 15 is 0 Å². The van der Waals surface area contributed by atoms with Gasteiger partial charge >= 0.3 is 0 Å². The fourth-order valence-electron chi connectivity index (χ4n) is 1.86. The molecule has 0 radical (unpaired) electrons. The molecule has 17 heavy (non-hydrogen) atoms. The number of hydrogen-bond donors (Lipinski definition) is 2. The number of nitrogens with two attached hydrogens (primary N) is 1. The molecule has 1 heterocycles. The van der Waals surface area contributed by atoms with Gasteiger partial charge in [0.2, 0.25) is 0 Å². The first-order valence-electron chi connectivity index (χ1n) is 5.73. The Morgan fingerprint density at radius 1 is 1.47 bits per heavy atom. The van der Waals surface area contributed by atoms with Gasteiger partial charge in [0.1, 0.15) is 11.3 Å². The van der Waals surface area contributed by atoms with Crippen LogP contribution in [0.1, 0.15) is 31.9 Å². The molecular weight excluding hydrogens is 217 g/mol. The van der Waals surface area contributed by atoms with Crippen LogP contribution in [0.3, 0.4) is 0 Å². The van der Waals surface area contributed by atoms with Crippen molar-refractivity contribution >= 4 is 16.6 Å². The number of rotatable bonds is 3. The van der Waals surface area contributed by atoms with Crippen LogP contribution in [0.4, 0.5) is 10.1 Å². The van der Waals surface area contributed by atoms with Crippen molar-refractivity contribution in [1.82, 2.24) is 4.98 Å². The van der Waals surface area contributed by atoms with Crippen LogP contribution in [0.15, 0.2) is 24.3 Å². The highest BCUT2D eigenvalue weighted by molar-refractivity contribution is 5.83. The summed E-state index contributed by atoms with van der Waals surface area (Å²) in [6.45, 7) is 4.12. The van der Waals surface area contributed by atoms with E-state index < -0.39 is 0 Å². The van der Waals surface area contributed by atoms with Crippen molar-refractivity contribution < 1.29 is 4.39 Å². The number of benzene rings is 1. The van der Waals surface area contributed by atoms with Gasteiger partial charge in [0.25, 0.3) is 0 Å². The maximum absolute atomic E-state index is 13.7. The summed E-state index contributed by atoms with van der Waals surface area (Å²) in [6.07, 6.45) is 0.932. The lowest BCUT2D eigenvalue weighted by molar-refractivity contribution is 0.634. The van der Waals surface area contributed by atoms with Gasteiger partial charge in [-0.3, -0.25) is 5.84 Å². The summed E-state index contributed by atoms with van der Waals surface area (Å²) >= 11 is 0. The molecule has 1 aromatic carbocycles. The molecule has 90 valence electrons. The molecule has 0 aliphatic carbocycles. The van der Waals surface area contributed by atoms with E-state index in [1.54, 1.807) is 6.07 Å². The fraction of sp³-hybridized carbons (Fsp3) is 0.308. The molecule has 0 aliphatic rings. The van der Waals surface area contributed by atoms with E-state index in [1.807, 2.05) is 12.1 Å². The molecule has 3 N–H and O–H groups in total. The molecule has 4 heteroatoms. The quantitative estimate of drug-likeness (QED) is 0.632. The van der Waals surface area contributed by atoms with Gasteiger partial charge < -0.3 is 5.43 Å². The largest absolute Gasteiger partial charge is 0.322 e. The second-order valence-corrected chi connectivity index (χ2v) is 4.19. The lowest BCUT2D eigenvalue weighted by Crippen LogP contribution is -2.12. The summed E-state index contributed by atoms with van der Waals surface area (Å²) in [5, 5.41) is 0.755. The van der Waals surface area contributed by atoms with Crippen LogP contribution >= 0.6 is 0 Å². The summed E-state index contributed by atoms with van der Waals surface area (Å²) in [4.78, 5) is 4.40. The first-order valence-corrected chi connectivity index (χ1v) is 5.73. The van der Waals surface area contributed by atoms with Gasteiger partial charge in [0, 0.05) is 11.3 Å². The summed E-state index contributed by atoms with van der Waals surface area (Å²) in [6, 6.07) is 6.76. The first kappa shape index (κ1) is 11.8. The van der Waals surface area contributed by atoms with Crippen LogP contribution in [0.2, 0.25) is 0 Å². The molecule has 0 saturated heterocycles. The second kappa shape index (κ2) is 4.67. The zero-order valence-corrected chi connectivity index (χ0v) is 10.00. The topological polar surface area (TPSA) is 50.9 Å². The van der Waals surface area contributed by atoms with Crippen molar-refractivity contribution in [1.29, 1.82) is 0 Å². The van der Waals surface area contributed by atoms with E-state index in [-0.39, 0.29) is 11.7 Å². The zero-order valence-electron chi connectivity index (χ0n) is 10.00. The van der Waals surface area contributed by atoms with Gasteiger partial charge in [-0.25, -0.2) is 9.37 Å². The third kappa shape index (κ3) is 2.08. The molecule has 3 nitrogen and oxygen atoms in total. The molecule has 0 saturated carbocycles. The second-order valence-electron chi connectivity index (χ2n) is 4.19. The predicted molar refractivity (Wildman–Crippen MR) is 68.2 cm³/mol. The van der Waals surface area contributed by atoms with E-state index in [2.05, 4.69) is 24.3 Å². The molecule has 2 rings (SSSR count). The van der Waals surface area contributed by atoms with E-state index in [9.17, 15) is 4.39 Å². The number of aromatic nitrogens is 1. The van der Waals surface area contributed by atoms with Crippen LogP contribution in [0.5, 0.6) is 0 Å². The molecule has 0 fully saturated rings. The zero-order chi connectivity index (χ0) is 12.4. The van der Waals surface area contributed by atoms with Crippen LogP contribution in [-0.4, -0.2) is 4.98 Å². The summed E-state index contributed by atoms with van der Waals surface area (Å²) < 4.78 is 13.7. The molecule has 2 aromatic rings. The summed E-state index contributed by atoms with van der Waals surface area (Å²) in [5.41, 5.74) is 4.62. The number of fused-ring (bicyclic) bond motifs is 1. The Hall–Kier alpha value is -1.68. The molecule has 0 spiro atoms. The lowest BCUT2D eigenvalue weighted by Gasteiger charge is -2.14. The van der Waals surface area contributed by atoms with E-state index in [0.29, 0.717) is 5.52 Å². The SMILES string of the molecule is CCC(C)c1nc2c(F)cccc2cc1NN. The lowest BCUT2D eigenvalue weighted by atomic mass is 10.0. The number of nitrogens with zero attached hydrogens (tertiary/aromatic N) is 1. The van der Waals surface area contributed by atoms with Crippen LogP contribution < -0.4 is 11.3 Å². The van der Waals surface area contributed by atoms with Crippen LogP contribution in [-0.2, 0) is 0 Å². The van der Waals surface area contributed by atoms with Crippen molar-refractivity contribution in [2.24, 2.45) is 5.84 Å². The standard InChI is InChI=1S/C13H16FN3/c1-3-8(2)12-11(17-15)7-9-5-4-6-10(14)13(9)16-12/h4-8,17H,3,15H2,1-2H3. The van der Waals surface area contributed by atoms with Crippen molar-refractivity contribution in [2.45, 2.75) is 26.2 Å². The molecule has 1 aromatic heterocycles. The maximum atomic E-state index is 13.7. The number of hydrazine groups is 1. The van der Waals surface area contributed by atoms with Gasteiger partial charge in [-0.05, 0) is 18.6 Å². The Kier molecular flexibility index (Phi) is 3.24. The van der Waals surface area contributed by atoms with Crippen molar-refractivity contribution in [3.63, 3.8) is 0 Å². The monoisotopic (exact) mass is 233 g/mol. The smallest absolute Gasteiger partial charge is 0.149 e. The Balaban J connectivity index is 2.70. The van der Waals surface area contributed by atoms with Gasteiger partial charge in [-0.2, -0.15) is 0 Å². The van der Waals surface area contributed by atoms with Gasteiger partial charge in [-0.15, -0.1) is 0 Å². The Morgan fingerprint density at radius 3 is 2.88 bits per heavy atom. The van der Waals surface area contributed by atoms with Crippen LogP contribution in [0, 0.1) is 5.82 Å². The predicted octanol–water partition coefficient (Wildman–Crippen LogP) is 3.17. The van der Waals surface area contributed by atoms with Crippen molar-refractivity contribution in [2.75, 3.05) is 5.43 Å². The van der Waals surface area contributed by atoms with Gasteiger partial charge in [0.15, 0.2) is 0 Å². The normalized spacial score (nSPS) is 12.7. The minimum Gasteiger partial charge on any atom is -0.322 e. The van der Waals surface area contributed by atoms with Gasteiger partial charge in [-0.1, -0.05) is 26.0 Å². The molecule has 1 unspecified atom stereocenters. The van der Waals surface area contributed by atoms with Gasteiger partial charge in [0.05, 0.1) is 11.4 Å². The Labute approximate surface area is 99.8 Å². The van der Waals surface area contributed by atoms with E-state index in [0.717, 1.165) is 23.2 Å². The first-order chi connectivity index (χ1) is 8.17. The highest BCUT2D eigenvalue weighted by Gasteiger charge is 2.13. The summed E-state index contributed by atoms with van der Waals surface area (Å²) in [5.74, 6) is 5.43. The Morgan fingerprint density at radius 2 is 2.24 bits per heavy atom. The number of pyridine rings is 1. The Bertz CT molecular complexity index is 539. The minimum atomic E-state index is -0.296. The molecule has 0 amide bonds. The van der Waals surface area contributed by atoms with Crippen LogP contribution in [0.25, 0.3) is 10.9 Å². The van der Waals surface area contributed by atoms with E-state index in [1.165, 1.54) is 6.07 Å². The maximum Gasteiger partial charge on any atom is 0.149 e. The number of anilines is 1. The highest BCUT2D eigenvalue weighted by Crippen LogP contribution is 2.28. The van der Waals surface area contributed by atoms with Crippen molar-refractivity contribution in [3.8, 4) is 0 Å². The third-order valence-corrected chi connectivity index (χ3v) is 3.06. The minimum absolute atomic E-state index is 0.241. The van der Waals surface area contributed by atoms with Crippen molar-refractivity contribution in [3.05, 3.63) is 35.8 Å². The molecule has 1 atom stereocenters. The number of nitrogens with one attached hydrogen (secondary N) is 1. The number of hydrogen-bond acceptors (Lipinski definition) is 3. The third-order valence-electron chi connectivity index (χ3n) is 3.06. The molecule has 0 bridgehead atoms. The van der Waals surface area contributed by atoms with E-state index in [4.69, 9.17) is 5.84 Å². The molecule has 0 aliphatic heterocycles. The number of para-hydroxylation sites is 1. The summed E-state index contributed by atoms with van der Waals surface area (Å²) in [7, 11) is 0.